The van der Waals surface area contributed by atoms with Crippen molar-refractivity contribution in [3.63, 3.8) is 0 Å². The van der Waals surface area contributed by atoms with E-state index in [1.165, 1.54) is 23.0 Å². The van der Waals surface area contributed by atoms with Gasteiger partial charge in [0.1, 0.15) is 17.5 Å². The lowest BCUT2D eigenvalue weighted by atomic mass is 10.0. The number of carbonyl (C=O) groups excluding carboxylic acids is 2. The molecule has 0 unspecified atom stereocenters. The van der Waals surface area contributed by atoms with Crippen LogP contribution in [0.25, 0.3) is 0 Å². The molecular weight excluding hydrogens is 455 g/mol. The quantitative estimate of drug-likeness (QED) is 0.673. The molecule has 2 aromatic rings. The summed E-state index contributed by atoms with van der Waals surface area (Å²) in [4.78, 5) is 41.1. The molecule has 9 nitrogen and oxygen atoms in total. The number of fused-ring (bicyclic) bond motifs is 3. The minimum Gasteiger partial charge on any atom is -0.502 e. The lowest BCUT2D eigenvalue weighted by Gasteiger charge is -2.49. The van der Waals surface area contributed by atoms with E-state index in [0.717, 1.165) is 32.1 Å². The number of aryl methyl sites for hydroxylation is 1. The Kier molecular flexibility index (Phi) is 6.22. The number of rotatable bonds is 5. The molecule has 0 aliphatic carbocycles. The lowest BCUT2D eigenvalue weighted by Crippen LogP contribution is -2.64. The number of pyridine rings is 1. The summed E-state index contributed by atoms with van der Waals surface area (Å²) < 4.78 is 20.6. The molecular formula is C25H29FN4O5. The normalized spacial score (nSPS) is 21.6. The van der Waals surface area contributed by atoms with Gasteiger partial charge in [0, 0.05) is 32.4 Å². The van der Waals surface area contributed by atoms with E-state index in [1.807, 2.05) is 5.01 Å². The maximum atomic E-state index is 13.5. The van der Waals surface area contributed by atoms with Crippen LogP contribution in [0.2, 0.25) is 0 Å². The Labute approximate surface area is 202 Å². The highest BCUT2D eigenvalue weighted by atomic mass is 19.1. The van der Waals surface area contributed by atoms with Gasteiger partial charge < -0.3 is 20.1 Å². The maximum Gasteiger partial charge on any atom is 0.278 e. The van der Waals surface area contributed by atoms with E-state index in [2.05, 4.69) is 5.32 Å². The molecule has 3 aliphatic rings. The van der Waals surface area contributed by atoms with Gasteiger partial charge in [0.05, 0.1) is 6.10 Å². The molecule has 2 amide bonds. The van der Waals surface area contributed by atoms with Gasteiger partial charge in [-0.15, -0.1) is 0 Å². The van der Waals surface area contributed by atoms with Crippen LogP contribution >= 0.6 is 0 Å². The Morgan fingerprint density at radius 2 is 2.06 bits per heavy atom. The van der Waals surface area contributed by atoms with Crippen LogP contribution in [0.3, 0.4) is 0 Å². The number of nitrogens with zero attached hydrogens (tertiary/aromatic N) is 3. The SMILES string of the molecule is Cc1cc(F)ccc1CNC(=O)c1cn2c(c(O)c1=O)C(=O)N(C[C@H]1CCCO1)[C@@H]1CCCCN12. The van der Waals surface area contributed by atoms with Gasteiger partial charge in [0.2, 0.25) is 5.43 Å². The van der Waals surface area contributed by atoms with E-state index in [0.29, 0.717) is 30.8 Å². The zero-order valence-corrected chi connectivity index (χ0v) is 19.6. The third kappa shape index (κ3) is 4.27. The summed E-state index contributed by atoms with van der Waals surface area (Å²) in [5.74, 6) is -2.22. The molecule has 5 rings (SSSR count). The van der Waals surface area contributed by atoms with Crippen molar-refractivity contribution in [3.05, 3.63) is 62.8 Å². The Morgan fingerprint density at radius 3 is 2.80 bits per heavy atom. The molecule has 1 aromatic carbocycles. The lowest BCUT2D eigenvalue weighted by molar-refractivity contribution is 0.0258. The first kappa shape index (κ1) is 23.3. The number of aromatic hydroxyl groups is 1. The van der Waals surface area contributed by atoms with Gasteiger partial charge in [0.25, 0.3) is 11.8 Å². The van der Waals surface area contributed by atoms with Crippen LogP contribution in [0.5, 0.6) is 5.75 Å². The van der Waals surface area contributed by atoms with Crippen molar-refractivity contribution in [1.82, 2.24) is 14.9 Å². The Bertz CT molecular complexity index is 1220. The number of amides is 2. The van der Waals surface area contributed by atoms with E-state index in [-0.39, 0.29) is 35.9 Å². The number of piperidine rings is 1. The van der Waals surface area contributed by atoms with Crippen molar-refractivity contribution in [2.45, 2.75) is 57.8 Å². The summed E-state index contributed by atoms with van der Waals surface area (Å²) in [6, 6.07) is 4.24. The van der Waals surface area contributed by atoms with Gasteiger partial charge in [-0.2, -0.15) is 0 Å². The summed E-state index contributed by atoms with van der Waals surface area (Å²) >= 11 is 0. The summed E-state index contributed by atoms with van der Waals surface area (Å²) in [5, 5.41) is 15.4. The number of nitrogens with one attached hydrogen (secondary N) is 1. The van der Waals surface area contributed by atoms with Crippen LogP contribution in [0.1, 0.15) is 64.1 Å². The standard InChI is InChI=1S/C25H29FN4O5/c1-15-11-17(26)8-7-16(15)12-27-24(33)19-14-30-21(23(32)22(19)31)25(34)28(13-18-5-4-10-35-18)20-6-2-3-9-29(20)30/h7-8,11,14,18,20,32H,2-6,9-10,12-13H2,1H3,(H,27,33)/t18-,20+/m1/s1. The number of hydrogen-bond acceptors (Lipinski definition) is 6. The van der Waals surface area contributed by atoms with Crippen LogP contribution in [0.4, 0.5) is 4.39 Å². The van der Waals surface area contributed by atoms with Crippen molar-refractivity contribution < 1.29 is 23.8 Å². The highest BCUT2D eigenvalue weighted by molar-refractivity contribution is 5.99. The molecule has 4 heterocycles. The third-order valence-corrected chi connectivity index (χ3v) is 7.12. The molecule has 2 fully saturated rings. The summed E-state index contributed by atoms with van der Waals surface area (Å²) in [7, 11) is 0. The predicted molar refractivity (Wildman–Crippen MR) is 125 cm³/mol. The van der Waals surface area contributed by atoms with Crippen LogP contribution < -0.4 is 15.8 Å². The number of halogens is 1. The van der Waals surface area contributed by atoms with Crippen molar-refractivity contribution in [2.75, 3.05) is 24.7 Å². The van der Waals surface area contributed by atoms with Gasteiger partial charge in [-0.1, -0.05) is 6.07 Å². The van der Waals surface area contributed by atoms with Gasteiger partial charge in [-0.3, -0.25) is 24.1 Å². The topological polar surface area (TPSA) is 104 Å². The molecule has 2 atom stereocenters. The predicted octanol–water partition coefficient (Wildman–Crippen LogP) is 2.01. The van der Waals surface area contributed by atoms with Crippen molar-refractivity contribution in [2.24, 2.45) is 0 Å². The molecule has 0 bridgehead atoms. The molecule has 2 saturated heterocycles. The first-order valence-corrected chi connectivity index (χ1v) is 12.1. The van der Waals surface area contributed by atoms with E-state index in [9.17, 15) is 23.9 Å². The van der Waals surface area contributed by atoms with Gasteiger partial charge in [0.15, 0.2) is 11.4 Å². The van der Waals surface area contributed by atoms with Crippen molar-refractivity contribution in [1.29, 1.82) is 0 Å². The highest BCUT2D eigenvalue weighted by Crippen LogP contribution is 2.31. The molecule has 0 saturated carbocycles. The third-order valence-electron chi connectivity index (χ3n) is 7.12. The van der Waals surface area contributed by atoms with Crippen LogP contribution in [0.15, 0.2) is 29.2 Å². The largest absolute Gasteiger partial charge is 0.502 e. The monoisotopic (exact) mass is 484 g/mol. The van der Waals surface area contributed by atoms with Gasteiger partial charge in [-0.25, -0.2) is 4.39 Å². The smallest absolute Gasteiger partial charge is 0.278 e. The number of benzene rings is 1. The molecule has 1 aromatic heterocycles. The zero-order valence-electron chi connectivity index (χ0n) is 19.6. The fraction of sp³-hybridized carbons (Fsp3) is 0.480. The second-order valence-electron chi connectivity index (χ2n) is 9.40. The summed E-state index contributed by atoms with van der Waals surface area (Å²) in [5.41, 5.74) is 0.0970. The number of aromatic nitrogens is 1. The Balaban J connectivity index is 1.46. The molecule has 3 aliphatic heterocycles. The molecule has 0 radical (unpaired) electrons. The summed E-state index contributed by atoms with van der Waals surface area (Å²) in [6.45, 7) is 3.50. The minimum atomic E-state index is -0.898. The van der Waals surface area contributed by atoms with Crippen LogP contribution in [-0.4, -0.2) is 58.5 Å². The fourth-order valence-electron chi connectivity index (χ4n) is 5.23. The minimum absolute atomic E-state index is 0.0666. The van der Waals surface area contributed by atoms with Gasteiger partial charge >= 0.3 is 0 Å². The van der Waals surface area contributed by atoms with E-state index < -0.39 is 23.0 Å². The van der Waals surface area contributed by atoms with E-state index in [4.69, 9.17) is 4.74 Å². The second kappa shape index (κ2) is 9.33. The van der Waals surface area contributed by atoms with Crippen molar-refractivity contribution >= 4 is 11.8 Å². The number of ether oxygens (including phenoxy) is 1. The highest BCUT2D eigenvalue weighted by Gasteiger charge is 2.42. The van der Waals surface area contributed by atoms with Crippen LogP contribution in [0, 0.1) is 12.7 Å². The Hall–Kier alpha value is -3.40. The molecule has 2 N–H and O–H groups in total. The average Bonchev–Trinajstić information content (AvgIpc) is 3.36. The van der Waals surface area contributed by atoms with E-state index >= 15 is 0 Å². The Morgan fingerprint density at radius 1 is 1.23 bits per heavy atom. The molecule has 35 heavy (non-hydrogen) atoms. The average molecular weight is 485 g/mol. The number of carbonyl (C=O) groups is 2. The molecule has 0 spiro atoms. The number of hydrogen-bond donors (Lipinski definition) is 2. The maximum absolute atomic E-state index is 13.5. The second-order valence-corrected chi connectivity index (χ2v) is 9.40. The van der Waals surface area contributed by atoms with E-state index in [1.54, 1.807) is 17.9 Å². The summed E-state index contributed by atoms with van der Waals surface area (Å²) in [6.07, 6.45) is 5.43. The zero-order chi connectivity index (χ0) is 24.7. The van der Waals surface area contributed by atoms with Crippen molar-refractivity contribution in [3.8, 4) is 5.75 Å². The first-order chi connectivity index (χ1) is 16.8. The molecule has 10 heteroatoms. The fourth-order valence-corrected chi connectivity index (χ4v) is 5.23. The molecule has 186 valence electrons. The van der Waals surface area contributed by atoms with Gasteiger partial charge in [-0.05, 0) is 62.3 Å². The van der Waals surface area contributed by atoms with Crippen LogP contribution in [-0.2, 0) is 11.3 Å². The first-order valence-electron chi connectivity index (χ1n) is 12.1.